The average Bonchev–Trinajstić information content (AvgIpc) is 3.21. The second-order valence-corrected chi connectivity index (χ2v) is 9.67. The lowest BCUT2D eigenvalue weighted by Gasteiger charge is -2.43. The highest BCUT2D eigenvalue weighted by molar-refractivity contribution is 14.0. The van der Waals surface area contributed by atoms with Gasteiger partial charge in [0.1, 0.15) is 5.82 Å². The molecule has 0 saturated carbocycles. The van der Waals surface area contributed by atoms with Crippen LogP contribution in [0.1, 0.15) is 32.8 Å². The normalized spacial score (nSPS) is 23.1. The first-order valence-electron chi connectivity index (χ1n) is 10.6. The van der Waals surface area contributed by atoms with Gasteiger partial charge in [0, 0.05) is 42.9 Å². The third kappa shape index (κ3) is 6.71. The lowest BCUT2D eigenvalue weighted by molar-refractivity contribution is -0.0120. The highest BCUT2D eigenvalue weighted by Gasteiger charge is 2.40. The number of morpholine rings is 1. The van der Waals surface area contributed by atoms with Crippen molar-refractivity contribution in [2.24, 2.45) is 4.99 Å². The van der Waals surface area contributed by atoms with E-state index in [0.717, 1.165) is 56.7 Å². The summed E-state index contributed by atoms with van der Waals surface area (Å²) >= 11 is 2.04. The monoisotopic (exact) mass is 550 g/mol. The van der Waals surface area contributed by atoms with Gasteiger partial charge in [0.05, 0.1) is 19.8 Å². The van der Waals surface area contributed by atoms with Crippen LogP contribution >= 0.6 is 35.7 Å². The van der Waals surface area contributed by atoms with Crippen LogP contribution in [-0.2, 0) is 10.2 Å². The highest BCUT2D eigenvalue weighted by Crippen LogP contribution is 2.33. The third-order valence-corrected chi connectivity index (χ3v) is 7.17. The van der Waals surface area contributed by atoms with Gasteiger partial charge < -0.3 is 15.4 Å². The molecule has 1 aromatic rings. The van der Waals surface area contributed by atoms with E-state index in [-0.39, 0.29) is 40.7 Å². The fourth-order valence-corrected chi connectivity index (χ4v) is 5.48. The zero-order chi connectivity index (χ0) is 20.7. The molecule has 1 aromatic carbocycles. The number of hydrogen-bond donors (Lipinski definition) is 2. The summed E-state index contributed by atoms with van der Waals surface area (Å²) in [6.45, 7) is 12.2. The van der Waals surface area contributed by atoms with Crippen LogP contribution in [0.3, 0.4) is 0 Å². The lowest BCUT2D eigenvalue weighted by Crippen LogP contribution is -2.60. The summed E-state index contributed by atoms with van der Waals surface area (Å²) in [5.74, 6) is 2.99. The topological polar surface area (TPSA) is 48.9 Å². The summed E-state index contributed by atoms with van der Waals surface area (Å²) < 4.78 is 19.2. The van der Waals surface area contributed by atoms with Crippen LogP contribution in [0.2, 0.25) is 0 Å². The summed E-state index contributed by atoms with van der Waals surface area (Å²) in [5, 5.41) is 6.98. The molecule has 2 aliphatic heterocycles. The minimum absolute atomic E-state index is 0. The molecule has 2 N–H and O–H groups in total. The third-order valence-electron chi connectivity index (χ3n) is 5.93. The second-order valence-electron chi connectivity index (χ2n) is 8.57. The van der Waals surface area contributed by atoms with Crippen molar-refractivity contribution in [1.82, 2.24) is 15.5 Å². The standard InChI is InChI=1S/C22H35FN4OS.HI/c1-4-24-20(25-15-21(2,3)18-6-5-7-19(23)14-18)26-16-22(8-13-29-17-22)27-9-11-28-12-10-27;/h5-7,14H,4,8-13,15-17H2,1-3H3,(H2,24,25,26);1H. The molecular formula is C22H36FIN4OS. The van der Waals surface area contributed by atoms with Gasteiger partial charge >= 0.3 is 0 Å². The Bertz CT molecular complexity index is 691. The van der Waals surface area contributed by atoms with Crippen LogP contribution in [-0.4, -0.2) is 73.8 Å². The quantitative estimate of drug-likeness (QED) is 0.310. The van der Waals surface area contributed by atoms with E-state index in [1.165, 1.54) is 18.2 Å². The molecule has 0 radical (unpaired) electrons. The van der Waals surface area contributed by atoms with Crippen LogP contribution in [0.15, 0.2) is 29.3 Å². The zero-order valence-corrected chi connectivity index (χ0v) is 21.5. The van der Waals surface area contributed by atoms with Crippen molar-refractivity contribution in [2.45, 2.75) is 38.1 Å². The number of aliphatic imine (C=N–C) groups is 1. The van der Waals surface area contributed by atoms with Crippen LogP contribution in [0.5, 0.6) is 0 Å². The summed E-state index contributed by atoms with van der Waals surface area (Å²) in [7, 11) is 0. The first-order valence-corrected chi connectivity index (χ1v) is 11.8. The molecule has 1 unspecified atom stereocenters. The number of halogens is 2. The second kappa shape index (κ2) is 11.9. The van der Waals surface area contributed by atoms with Crippen LogP contribution in [0.25, 0.3) is 0 Å². The lowest BCUT2D eigenvalue weighted by atomic mass is 9.85. The molecule has 2 heterocycles. The minimum atomic E-state index is -0.241. The van der Waals surface area contributed by atoms with Gasteiger partial charge in [-0.05, 0) is 36.8 Å². The smallest absolute Gasteiger partial charge is 0.191 e. The molecule has 0 aliphatic carbocycles. The number of nitrogens with zero attached hydrogens (tertiary/aromatic N) is 2. The van der Waals surface area contributed by atoms with E-state index in [1.54, 1.807) is 12.1 Å². The molecule has 2 aliphatic rings. The van der Waals surface area contributed by atoms with Crippen molar-refractivity contribution in [1.29, 1.82) is 0 Å². The predicted octanol–water partition coefficient (Wildman–Crippen LogP) is 3.48. The largest absolute Gasteiger partial charge is 0.379 e. The summed E-state index contributed by atoms with van der Waals surface area (Å²) in [6, 6.07) is 6.84. The van der Waals surface area contributed by atoms with Crippen molar-refractivity contribution in [2.75, 3.05) is 57.4 Å². The van der Waals surface area contributed by atoms with Gasteiger partial charge in [0.15, 0.2) is 5.96 Å². The van der Waals surface area contributed by atoms with Gasteiger partial charge in [-0.1, -0.05) is 26.0 Å². The average molecular weight is 551 g/mol. The minimum Gasteiger partial charge on any atom is -0.379 e. The Balaban J connectivity index is 0.00000320. The fourth-order valence-electron chi connectivity index (χ4n) is 4.00. The molecule has 5 nitrogen and oxygen atoms in total. The molecule has 0 aromatic heterocycles. The SMILES string of the molecule is CCNC(=NCC(C)(C)c1cccc(F)c1)NCC1(N2CCOCC2)CCSC1.I. The van der Waals surface area contributed by atoms with Crippen molar-refractivity contribution < 1.29 is 9.13 Å². The predicted molar refractivity (Wildman–Crippen MR) is 136 cm³/mol. The van der Waals surface area contributed by atoms with E-state index in [1.807, 2.05) is 17.8 Å². The number of thioether (sulfide) groups is 1. The Morgan fingerprint density at radius 1 is 1.30 bits per heavy atom. The Hall–Kier alpha value is -0.580. The number of guanidine groups is 1. The maximum absolute atomic E-state index is 13.7. The van der Waals surface area contributed by atoms with Gasteiger partial charge in [-0.3, -0.25) is 9.89 Å². The van der Waals surface area contributed by atoms with E-state index in [2.05, 4.69) is 36.3 Å². The Kier molecular flexibility index (Phi) is 10.2. The van der Waals surface area contributed by atoms with Gasteiger partial charge in [-0.15, -0.1) is 24.0 Å². The first kappa shape index (κ1) is 25.7. The Labute approximate surface area is 202 Å². The molecule has 0 bridgehead atoms. The molecule has 30 heavy (non-hydrogen) atoms. The summed E-state index contributed by atoms with van der Waals surface area (Å²) in [6.07, 6.45) is 1.19. The summed E-state index contributed by atoms with van der Waals surface area (Å²) in [5.41, 5.74) is 0.896. The number of nitrogens with one attached hydrogen (secondary N) is 2. The number of benzene rings is 1. The molecule has 0 amide bonds. The highest BCUT2D eigenvalue weighted by atomic mass is 127. The van der Waals surface area contributed by atoms with Gasteiger partial charge in [-0.2, -0.15) is 11.8 Å². The van der Waals surface area contributed by atoms with Crippen molar-refractivity contribution in [3.63, 3.8) is 0 Å². The van der Waals surface area contributed by atoms with E-state index in [9.17, 15) is 4.39 Å². The molecule has 3 rings (SSSR count). The maximum Gasteiger partial charge on any atom is 0.191 e. The molecule has 2 fully saturated rings. The number of hydrogen-bond acceptors (Lipinski definition) is 4. The van der Waals surface area contributed by atoms with E-state index < -0.39 is 0 Å². The molecule has 2 saturated heterocycles. The van der Waals surface area contributed by atoms with E-state index >= 15 is 0 Å². The number of ether oxygens (including phenoxy) is 1. The molecule has 8 heteroatoms. The zero-order valence-electron chi connectivity index (χ0n) is 18.4. The van der Waals surface area contributed by atoms with E-state index in [0.29, 0.717) is 6.54 Å². The van der Waals surface area contributed by atoms with Gasteiger partial charge in [0.2, 0.25) is 0 Å². The summed E-state index contributed by atoms with van der Waals surface area (Å²) in [4.78, 5) is 7.45. The van der Waals surface area contributed by atoms with E-state index in [4.69, 9.17) is 9.73 Å². The molecule has 0 spiro atoms. The first-order chi connectivity index (χ1) is 14.0. The van der Waals surface area contributed by atoms with Crippen LogP contribution in [0, 0.1) is 5.82 Å². The van der Waals surface area contributed by atoms with Gasteiger partial charge in [-0.25, -0.2) is 4.39 Å². The van der Waals surface area contributed by atoms with Crippen LogP contribution < -0.4 is 10.6 Å². The van der Waals surface area contributed by atoms with Crippen molar-refractivity contribution >= 4 is 41.7 Å². The molecule has 1 atom stereocenters. The molecule has 170 valence electrons. The maximum atomic E-state index is 13.7. The van der Waals surface area contributed by atoms with Crippen LogP contribution in [0.4, 0.5) is 4.39 Å². The number of rotatable bonds is 7. The fraction of sp³-hybridized carbons (Fsp3) is 0.682. The van der Waals surface area contributed by atoms with Crippen molar-refractivity contribution in [3.8, 4) is 0 Å². The molecular weight excluding hydrogens is 514 g/mol. The van der Waals surface area contributed by atoms with Gasteiger partial charge in [0.25, 0.3) is 0 Å². The van der Waals surface area contributed by atoms with Crippen molar-refractivity contribution in [3.05, 3.63) is 35.6 Å². The Morgan fingerprint density at radius 3 is 2.70 bits per heavy atom. The Morgan fingerprint density at radius 2 is 2.07 bits per heavy atom.